The van der Waals surface area contributed by atoms with E-state index in [4.69, 9.17) is 0 Å². The molecular formula is C20H28N4O. The Morgan fingerprint density at radius 2 is 1.68 bits per heavy atom. The van der Waals surface area contributed by atoms with Gasteiger partial charge in [-0.1, -0.05) is 37.5 Å². The van der Waals surface area contributed by atoms with Crippen molar-refractivity contribution in [2.45, 2.75) is 53.9 Å². The van der Waals surface area contributed by atoms with Gasteiger partial charge in [-0.2, -0.15) is 0 Å². The molecule has 1 aromatic heterocycles. The van der Waals surface area contributed by atoms with Gasteiger partial charge in [0.2, 0.25) is 0 Å². The third-order valence-electron chi connectivity index (χ3n) is 4.07. The summed E-state index contributed by atoms with van der Waals surface area (Å²) in [5.41, 5.74) is 4.52. The number of aryl methyl sites for hydroxylation is 4. The fourth-order valence-corrected chi connectivity index (χ4v) is 2.92. The maximum atomic E-state index is 12.7. The van der Waals surface area contributed by atoms with E-state index in [1.807, 2.05) is 13.8 Å². The van der Waals surface area contributed by atoms with Gasteiger partial charge in [-0.05, 0) is 45.2 Å². The lowest BCUT2D eigenvalue weighted by molar-refractivity contribution is 0.102. The normalized spacial score (nSPS) is 10.6. The minimum Gasteiger partial charge on any atom is -0.370 e. The molecule has 0 unspecified atom stereocenters. The molecule has 0 aliphatic carbocycles. The molecule has 0 fully saturated rings. The summed E-state index contributed by atoms with van der Waals surface area (Å²) < 4.78 is 0. The van der Waals surface area contributed by atoms with Crippen LogP contribution in [0.4, 0.5) is 11.5 Å². The van der Waals surface area contributed by atoms with Crippen molar-refractivity contribution in [3.63, 3.8) is 0 Å². The second-order valence-electron chi connectivity index (χ2n) is 6.55. The molecule has 0 spiro atoms. The summed E-state index contributed by atoms with van der Waals surface area (Å²) in [7, 11) is 0. The Hall–Kier alpha value is -2.43. The van der Waals surface area contributed by atoms with Gasteiger partial charge in [-0.3, -0.25) is 4.79 Å². The van der Waals surface area contributed by atoms with Crippen LogP contribution in [0.25, 0.3) is 0 Å². The molecule has 0 atom stereocenters. The molecule has 0 saturated carbocycles. The van der Waals surface area contributed by atoms with Crippen molar-refractivity contribution >= 4 is 17.4 Å². The Morgan fingerprint density at radius 3 is 2.32 bits per heavy atom. The number of aromatic nitrogens is 2. The van der Waals surface area contributed by atoms with E-state index in [0.717, 1.165) is 29.8 Å². The van der Waals surface area contributed by atoms with E-state index >= 15 is 0 Å². The predicted molar refractivity (Wildman–Crippen MR) is 103 cm³/mol. The summed E-state index contributed by atoms with van der Waals surface area (Å²) in [4.78, 5) is 21.3. The molecule has 25 heavy (non-hydrogen) atoms. The third-order valence-corrected chi connectivity index (χ3v) is 4.07. The SMILES string of the molecule is CCCCCNc1cc(C(=O)Nc2c(C)cc(C)cc2C)nc(C)n1. The van der Waals surface area contributed by atoms with Crippen molar-refractivity contribution in [2.24, 2.45) is 0 Å². The van der Waals surface area contributed by atoms with Gasteiger partial charge in [-0.15, -0.1) is 0 Å². The maximum absolute atomic E-state index is 12.7. The fraction of sp³-hybridized carbons (Fsp3) is 0.450. The Balaban J connectivity index is 2.15. The molecule has 0 bridgehead atoms. The summed E-state index contributed by atoms with van der Waals surface area (Å²) in [5.74, 6) is 1.08. The van der Waals surface area contributed by atoms with E-state index in [9.17, 15) is 4.79 Å². The van der Waals surface area contributed by atoms with Gasteiger partial charge in [0.15, 0.2) is 0 Å². The lowest BCUT2D eigenvalue weighted by Gasteiger charge is -2.13. The van der Waals surface area contributed by atoms with E-state index in [0.29, 0.717) is 17.3 Å². The topological polar surface area (TPSA) is 66.9 Å². The number of carbonyl (C=O) groups is 1. The molecule has 1 heterocycles. The van der Waals surface area contributed by atoms with Crippen molar-refractivity contribution in [1.82, 2.24) is 9.97 Å². The molecule has 2 rings (SSSR count). The summed E-state index contributed by atoms with van der Waals surface area (Å²) in [6.45, 7) is 10.9. The van der Waals surface area contributed by atoms with Gasteiger partial charge in [0.25, 0.3) is 5.91 Å². The van der Waals surface area contributed by atoms with Crippen LogP contribution in [-0.4, -0.2) is 22.4 Å². The number of nitrogens with one attached hydrogen (secondary N) is 2. The number of benzene rings is 1. The first kappa shape index (κ1) is 18.9. The highest BCUT2D eigenvalue weighted by Gasteiger charge is 2.13. The highest BCUT2D eigenvalue weighted by Crippen LogP contribution is 2.22. The zero-order chi connectivity index (χ0) is 18.4. The van der Waals surface area contributed by atoms with Crippen LogP contribution < -0.4 is 10.6 Å². The van der Waals surface area contributed by atoms with Gasteiger partial charge in [0.1, 0.15) is 17.3 Å². The zero-order valence-corrected chi connectivity index (χ0v) is 15.9. The van der Waals surface area contributed by atoms with Crippen LogP contribution in [0.3, 0.4) is 0 Å². The largest absolute Gasteiger partial charge is 0.370 e. The van der Waals surface area contributed by atoms with Crippen LogP contribution >= 0.6 is 0 Å². The van der Waals surface area contributed by atoms with Crippen molar-refractivity contribution in [1.29, 1.82) is 0 Å². The first-order chi connectivity index (χ1) is 11.9. The van der Waals surface area contributed by atoms with Gasteiger partial charge in [0, 0.05) is 18.3 Å². The van der Waals surface area contributed by atoms with E-state index in [-0.39, 0.29) is 5.91 Å². The number of hydrogen-bond acceptors (Lipinski definition) is 4. The molecule has 2 N–H and O–H groups in total. The maximum Gasteiger partial charge on any atom is 0.274 e. The minimum absolute atomic E-state index is 0.211. The molecule has 5 nitrogen and oxygen atoms in total. The Kier molecular flexibility index (Phi) is 6.51. The van der Waals surface area contributed by atoms with Crippen LogP contribution in [0.2, 0.25) is 0 Å². The minimum atomic E-state index is -0.211. The smallest absolute Gasteiger partial charge is 0.274 e. The molecular weight excluding hydrogens is 312 g/mol. The third kappa shape index (κ3) is 5.28. The molecule has 5 heteroatoms. The Morgan fingerprint density at radius 1 is 1.00 bits per heavy atom. The molecule has 1 aromatic carbocycles. The lowest BCUT2D eigenvalue weighted by Crippen LogP contribution is -2.17. The quantitative estimate of drug-likeness (QED) is 0.725. The van der Waals surface area contributed by atoms with E-state index in [2.05, 4.69) is 46.6 Å². The molecule has 1 amide bonds. The van der Waals surface area contributed by atoms with E-state index in [1.165, 1.54) is 18.4 Å². The average Bonchev–Trinajstić information content (AvgIpc) is 2.54. The average molecular weight is 340 g/mol. The van der Waals surface area contributed by atoms with E-state index in [1.54, 1.807) is 13.0 Å². The van der Waals surface area contributed by atoms with Gasteiger partial charge in [-0.25, -0.2) is 9.97 Å². The predicted octanol–water partition coefficient (Wildman–Crippen LogP) is 4.56. The molecule has 2 aromatic rings. The number of nitrogens with zero attached hydrogens (tertiary/aromatic N) is 2. The van der Waals surface area contributed by atoms with Crippen LogP contribution in [0.5, 0.6) is 0 Å². The Labute approximate surface area is 150 Å². The highest BCUT2D eigenvalue weighted by atomic mass is 16.1. The van der Waals surface area contributed by atoms with Crippen LogP contribution in [-0.2, 0) is 0 Å². The number of unbranched alkanes of at least 4 members (excludes halogenated alkanes) is 2. The molecule has 134 valence electrons. The second kappa shape index (κ2) is 8.60. The number of hydrogen-bond donors (Lipinski definition) is 2. The van der Waals surface area contributed by atoms with E-state index < -0.39 is 0 Å². The summed E-state index contributed by atoms with van der Waals surface area (Å²) >= 11 is 0. The van der Waals surface area contributed by atoms with Crippen LogP contribution in [0.15, 0.2) is 18.2 Å². The summed E-state index contributed by atoms with van der Waals surface area (Å²) in [6.07, 6.45) is 3.44. The fourth-order valence-electron chi connectivity index (χ4n) is 2.92. The Bertz CT molecular complexity index is 732. The molecule has 0 aliphatic rings. The number of amides is 1. The first-order valence-corrected chi connectivity index (χ1v) is 8.89. The standard InChI is InChI=1S/C20H28N4O/c1-6-7-8-9-21-18-12-17(22-16(5)23-18)20(25)24-19-14(3)10-13(2)11-15(19)4/h10-12H,6-9H2,1-5H3,(H,24,25)(H,21,22,23). The molecule has 0 radical (unpaired) electrons. The lowest BCUT2D eigenvalue weighted by atomic mass is 10.0. The van der Waals surface area contributed by atoms with Crippen molar-refractivity contribution in [3.05, 3.63) is 46.4 Å². The van der Waals surface area contributed by atoms with Gasteiger partial charge in [0.05, 0.1) is 0 Å². The first-order valence-electron chi connectivity index (χ1n) is 8.89. The highest BCUT2D eigenvalue weighted by molar-refractivity contribution is 6.04. The van der Waals surface area contributed by atoms with Crippen molar-refractivity contribution < 1.29 is 4.79 Å². The summed E-state index contributed by atoms with van der Waals surface area (Å²) in [5, 5.41) is 6.27. The zero-order valence-electron chi connectivity index (χ0n) is 15.9. The van der Waals surface area contributed by atoms with Gasteiger partial charge < -0.3 is 10.6 Å². The van der Waals surface area contributed by atoms with Crippen molar-refractivity contribution in [3.8, 4) is 0 Å². The monoisotopic (exact) mass is 340 g/mol. The van der Waals surface area contributed by atoms with Gasteiger partial charge >= 0.3 is 0 Å². The number of carbonyl (C=O) groups excluding carboxylic acids is 1. The van der Waals surface area contributed by atoms with Crippen LogP contribution in [0.1, 0.15) is 59.2 Å². The molecule has 0 aliphatic heterocycles. The summed E-state index contributed by atoms with van der Waals surface area (Å²) in [6, 6.07) is 5.84. The molecule has 0 saturated heterocycles. The number of anilines is 2. The van der Waals surface area contributed by atoms with Crippen LogP contribution in [0, 0.1) is 27.7 Å². The second-order valence-corrected chi connectivity index (χ2v) is 6.55. The number of rotatable bonds is 7. The van der Waals surface area contributed by atoms with Crippen molar-refractivity contribution in [2.75, 3.05) is 17.2 Å².